The van der Waals surface area contributed by atoms with Gasteiger partial charge in [0.2, 0.25) is 0 Å². The van der Waals surface area contributed by atoms with Crippen LogP contribution in [0.4, 0.5) is 0 Å². The van der Waals surface area contributed by atoms with Crippen molar-refractivity contribution in [3.05, 3.63) is 48.0 Å². The topological polar surface area (TPSA) is 0 Å². The quantitative estimate of drug-likeness (QED) is 0.543. The summed E-state index contributed by atoms with van der Waals surface area (Å²) in [5, 5.41) is 2.74. The molecule has 0 fully saturated rings. The maximum absolute atomic E-state index is 2.41. The zero-order valence-corrected chi connectivity index (χ0v) is 12.4. The molecule has 2 aromatic rings. The van der Waals surface area contributed by atoms with Gasteiger partial charge in [-0.3, -0.25) is 0 Å². The van der Waals surface area contributed by atoms with Gasteiger partial charge >= 0.3 is 0 Å². The Morgan fingerprint density at radius 2 is 1.42 bits per heavy atom. The van der Waals surface area contributed by atoms with E-state index in [9.17, 15) is 0 Å². The van der Waals surface area contributed by atoms with E-state index in [-0.39, 0.29) is 0 Å². The fourth-order valence-electron chi connectivity index (χ4n) is 2.84. The molecule has 0 saturated carbocycles. The van der Waals surface area contributed by atoms with E-state index in [0.29, 0.717) is 0 Å². The Kier molecular flexibility index (Phi) is 5.44. The normalized spacial score (nSPS) is 11.3. The second-order valence-corrected chi connectivity index (χ2v) is 5.59. The summed E-state index contributed by atoms with van der Waals surface area (Å²) in [5.41, 5.74) is 1.54. The molecule has 0 bridgehead atoms. The summed E-state index contributed by atoms with van der Waals surface area (Å²) >= 11 is 0. The highest BCUT2D eigenvalue weighted by atomic mass is 14.2. The highest BCUT2D eigenvalue weighted by Crippen LogP contribution is 2.29. The predicted molar refractivity (Wildman–Crippen MR) is 85.7 cm³/mol. The minimum Gasteiger partial charge on any atom is -0.0654 e. The fourth-order valence-corrected chi connectivity index (χ4v) is 2.84. The summed E-state index contributed by atoms with van der Waals surface area (Å²) in [7, 11) is 0. The van der Waals surface area contributed by atoms with E-state index in [1.54, 1.807) is 5.56 Å². The zero-order chi connectivity index (χ0) is 13.5. The highest BCUT2D eigenvalue weighted by molar-refractivity contribution is 5.83. The van der Waals surface area contributed by atoms with Crippen molar-refractivity contribution in [2.24, 2.45) is 0 Å². The summed E-state index contributed by atoms with van der Waals surface area (Å²) in [5.74, 6) is 0.754. The van der Waals surface area contributed by atoms with Crippen LogP contribution in [-0.2, 0) is 0 Å². The van der Waals surface area contributed by atoms with Gasteiger partial charge < -0.3 is 0 Å². The zero-order valence-electron chi connectivity index (χ0n) is 12.4. The first-order valence-corrected chi connectivity index (χ1v) is 7.83. The van der Waals surface area contributed by atoms with Gasteiger partial charge in [0.1, 0.15) is 0 Å². The molecule has 19 heavy (non-hydrogen) atoms. The molecule has 0 atom stereocenters. The first-order chi connectivity index (χ1) is 9.35. The Labute approximate surface area is 117 Å². The lowest BCUT2D eigenvalue weighted by Crippen LogP contribution is -1.99. The minimum atomic E-state index is 0.754. The molecule has 0 nitrogen and oxygen atoms in total. The number of hydrogen-bond acceptors (Lipinski definition) is 0. The molecule has 2 rings (SSSR count). The molecule has 102 valence electrons. The Balaban J connectivity index is 2.21. The Morgan fingerprint density at radius 1 is 0.789 bits per heavy atom. The Hall–Kier alpha value is -1.30. The summed E-state index contributed by atoms with van der Waals surface area (Å²) < 4.78 is 0. The minimum absolute atomic E-state index is 0.754. The van der Waals surface area contributed by atoms with Crippen LogP contribution in [0.1, 0.15) is 63.9 Å². The van der Waals surface area contributed by atoms with Crippen LogP contribution in [0.5, 0.6) is 0 Å². The Morgan fingerprint density at radius 3 is 2.05 bits per heavy atom. The highest BCUT2D eigenvalue weighted by Gasteiger charge is 2.11. The van der Waals surface area contributed by atoms with Gasteiger partial charge in [-0.15, -0.1) is 0 Å². The first-order valence-electron chi connectivity index (χ1n) is 7.83. The van der Waals surface area contributed by atoms with Crippen LogP contribution >= 0.6 is 0 Å². The lowest BCUT2D eigenvalue weighted by molar-refractivity contribution is 0.525. The van der Waals surface area contributed by atoms with Gasteiger partial charge in [-0.05, 0) is 35.1 Å². The lowest BCUT2D eigenvalue weighted by Gasteiger charge is -2.17. The van der Waals surface area contributed by atoms with E-state index in [0.717, 1.165) is 5.92 Å². The average molecular weight is 254 g/mol. The van der Waals surface area contributed by atoms with Crippen molar-refractivity contribution in [3.63, 3.8) is 0 Å². The fraction of sp³-hybridized carbons (Fsp3) is 0.474. The summed E-state index contributed by atoms with van der Waals surface area (Å²) in [6.07, 6.45) is 7.98. The largest absolute Gasteiger partial charge is 0.0654 e. The van der Waals surface area contributed by atoms with Crippen LogP contribution in [0.25, 0.3) is 10.8 Å². The van der Waals surface area contributed by atoms with Gasteiger partial charge in [0.15, 0.2) is 0 Å². The molecule has 0 aliphatic heterocycles. The van der Waals surface area contributed by atoms with E-state index < -0.39 is 0 Å². The van der Waals surface area contributed by atoms with Crippen molar-refractivity contribution in [1.29, 1.82) is 0 Å². The number of fused-ring (bicyclic) bond motifs is 1. The monoisotopic (exact) mass is 254 g/mol. The molecular weight excluding hydrogens is 228 g/mol. The van der Waals surface area contributed by atoms with Crippen molar-refractivity contribution in [3.8, 4) is 0 Å². The van der Waals surface area contributed by atoms with Crippen molar-refractivity contribution in [1.82, 2.24) is 0 Å². The molecule has 0 saturated heterocycles. The first kappa shape index (κ1) is 14.1. The van der Waals surface area contributed by atoms with Crippen LogP contribution in [0.2, 0.25) is 0 Å². The van der Waals surface area contributed by atoms with Gasteiger partial charge in [0, 0.05) is 0 Å². The molecule has 0 aliphatic rings. The van der Waals surface area contributed by atoms with Crippen molar-refractivity contribution < 1.29 is 0 Å². The van der Waals surface area contributed by atoms with Gasteiger partial charge in [-0.25, -0.2) is 0 Å². The molecule has 0 radical (unpaired) electrons. The second-order valence-electron chi connectivity index (χ2n) is 5.59. The Bertz CT molecular complexity index is 490. The lowest BCUT2D eigenvalue weighted by atomic mass is 9.88. The summed E-state index contributed by atoms with van der Waals surface area (Å²) in [6, 6.07) is 15.7. The van der Waals surface area contributed by atoms with Gasteiger partial charge in [-0.1, -0.05) is 82.0 Å². The maximum Gasteiger partial charge on any atom is -0.0162 e. The second kappa shape index (κ2) is 7.33. The molecule has 2 aromatic carbocycles. The maximum atomic E-state index is 2.41. The van der Waals surface area contributed by atoms with E-state index in [1.807, 2.05) is 0 Å². The van der Waals surface area contributed by atoms with E-state index in [2.05, 4.69) is 56.3 Å². The van der Waals surface area contributed by atoms with E-state index in [1.165, 1.54) is 49.3 Å². The summed E-state index contributed by atoms with van der Waals surface area (Å²) in [4.78, 5) is 0. The van der Waals surface area contributed by atoms with Gasteiger partial charge in [-0.2, -0.15) is 0 Å². The van der Waals surface area contributed by atoms with Crippen LogP contribution in [-0.4, -0.2) is 0 Å². The third-order valence-electron chi connectivity index (χ3n) is 4.06. The van der Waals surface area contributed by atoms with Gasteiger partial charge in [0.25, 0.3) is 0 Å². The summed E-state index contributed by atoms with van der Waals surface area (Å²) in [6.45, 7) is 4.58. The van der Waals surface area contributed by atoms with Crippen LogP contribution < -0.4 is 0 Å². The van der Waals surface area contributed by atoms with Crippen molar-refractivity contribution in [2.75, 3.05) is 0 Å². The van der Waals surface area contributed by atoms with Crippen molar-refractivity contribution in [2.45, 2.75) is 58.3 Å². The molecule has 0 N–H and O–H groups in total. The predicted octanol–water partition coefficient (Wildman–Crippen LogP) is 6.30. The van der Waals surface area contributed by atoms with Crippen LogP contribution in [0, 0.1) is 0 Å². The molecule has 0 spiro atoms. The standard InChI is InChI=1S/C19H26/c1-3-5-9-16(10-6-4-2)19-14-13-17-11-7-8-12-18(17)15-19/h7-8,11-16H,3-6,9-10H2,1-2H3. The number of benzene rings is 2. The molecule has 0 unspecified atom stereocenters. The van der Waals surface area contributed by atoms with Crippen molar-refractivity contribution >= 4 is 10.8 Å². The third-order valence-corrected chi connectivity index (χ3v) is 4.06. The number of hydrogen-bond donors (Lipinski definition) is 0. The number of rotatable bonds is 7. The smallest absolute Gasteiger partial charge is 0.0162 e. The van der Waals surface area contributed by atoms with Crippen LogP contribution in [0.3, 0.4) is 0 Å². The average Bonchev–Trinajstić information content (AvgIpc) is 2.47. The molecule has 0 amide bonds. The van der Waals surface area contributed by atoms with Gasteiger partial charge in [0.05, 0.1) is 0 Å². The van der Waals surface area contributed by atoms with E-state index >= 15 is 0 Å². The third kappa shape index (κ3) is 3.83. The van der Waals surface area contributed by atoms with E-state index in [4.69, 9.17) is 0 Å². The van der Waals surface area contributed by atoms with Crippen LogP contribution in [0.15, 0.2) is 42.5 Å². The molecule has 0 aromatic heterocycles. The number of unbranched alkanes of at least 4 members (excludes halogenated alkanes) is 2. The molecular formula is C19H26. The molecule has 0 heterocycles. The molecule has 0 heteroatoms. The molecule has 0 aliphatic carbocycles. The SMILES string of the molecule is CCCCC(CCCC)c1ccc2ccccc2c1.